The lowest BCUT2D eigenvalue weighted by Gasteiger charge is -2.26. The average Bonchev–Trinajstić information content (AvgIpc) is 2.99. The third-order valence-corrected chi connectivity index (χ3v) is 4.34. The van der Waals surface area contributed by atoms with E-state index in [0.717, 1.165) is 24.3 Å². The van der Waals surface area contributed by atoms with Crippen molar-refractivity contribution in [3.63, 3.8) is 0 Å². The van der Waals surface area contributed by atoms with Crippen molar-refractivity contribution in [1.82, 2.24) is 15.5 Å². The van der Waals surface area contributed by atoms with Gasteiger partial charge in [-0.25, -0.2) is 4.79 Å². The zero-order valence-electron chi connectivity index (χ0n) is 12.8. The minimum absolute atomic E-state index is 0.187. The van der Waals surface area contributed by atoms with Gasteiger partial charge in [0.25, 0.3) is 0 Å². The molecular weight excluding hydrogens is 302 g/mol. The Morgan fingerprint density at radius 2 is 2.32 bits per heavy atom. The summed E-state index contributed by atoms with van der Waals surface area (Å²) in [6.07, 6.45) is 3.52. The summed E-state index contributed by atoms with van der Waals surface area (Å²) in [6.45, 7) is 2.13. The Morgan fingerprint density at radius 1 is 1.45 bits per heavy atom. The molecule has 3 amide bonds. The van der Waals surface area contributed by atoms with Crippen LogP contribution >= 0.6 is 11.3 Å². The molecule has 1 aliphatic heterocycles. The molecule has 1 unspecified atom stereocenters. The molecule has 0 bridgehead atoms. The topological polar surface area (TPSA) is 70.7 Å². The summed E-state index contributed by atoms with van der Waals surface area (Å²) in [4.78, 5) is 26.4. The number of carbonyl (C=O) groups excluding carboxylic acids is 2. The van der Waals surface area contributed by atoms with Crippen molar-refractivity contribution in [2.75, 3.05) is 26.7 Å². The molecule has 1 atom stereocenters. The Balaban J connectivity index is 1.62. The van der Waals surface area contributed by atoms with Gasteiger partial charge in [0.1, 0.15) is 0 Å². The number of nitrogens with one attached hydrogen (secondary N) is 2. The fourth-order valence-electron chi connectivity index (χ4n) is 2.40. The number of amides is 3. The minimum atomic E-state index is -0.458. The normalized spacial score (nSPS) is 18.2. The van der Waals surface area contributed by atoms with Crippen molar-refractivity contribution in [3.8, 4) is 0 Å². The van der Waals surface area contributed by atoms with Crippen molar-refractivity contribution >= 4 is 23.3 Å². The SMILES string of the molecule is CN(CC(=O)NC(=O)NCc1cccs1)CC1CCCCO1. The van der Waals surface area contributed by atoms with Crippen LogP contribution in [0.3, 0.4) is 0 Å². The van der Waals surface area contributed by atoms with E-state index in [1.807, 2.05) is 29.5 Å². The van der Waals surface area contributed by atoms with Gasteiger partial charge in [-0.2, -0.15) is 0 Å². The smallest absolute Gasteiger partial charge is 0.321 e. The molecule has 0 aliphatic carbocycles. The van der Waals surface area contributed by atoms with E-state index in [1.165, 1.54) is 6.42 Å². The number of imide groups is 1. The van der Waals surface area contributed by atoms with Crippen LogP contribution in [0, 0.1) is 0 Å². The van der Waals surface area contributed by atoms with E-state index in [-0.39, 0.29) is 18.6 Å². The highest BCUT2D eigenvalue weighted by atomic mass is 32.1. The molecular formula is C15H23N3O3S. The Kier molecular flexibility index (Phi) is 6.82. The zero-order chi connectivity index (χ0) is 15.8. The Bertz CT molecular complexity index is 472. The summed E-state index contributed by atoms with van der Waals surface area (Å²) in [7, 11) is 1.86. The summed E-state index contributed by atoms with van der Waals surface area (Å²) < 4.78 is 5.64. The second kappa shape index (κ2) is 8.87. The van der Waals surface area contributed by atoms with Crippen molar-refractivity contribution in [2.24, 2.45) is 0 Å². The van der Waals surface area contributed by atoms with E-state index in [2.05, 4.69) is 10.6 Å². The molecule has 1 aliphatic rings. The molecule has 1 fully saturated rings. The third-order valence-electron chi connectivity index (χ3n) is 3.46. The Labute approximate surface area is 134 Å². The molecule has 7 heteroatoms. The molecule has 0 saturated carbocycles. The van der Waals surface area contributed by atoms with E-state index in [1.54, 1.807) is 11.3 Å². The standard InChI is InChI=1S/C15H23N3O3S/c1-18(10-12-5-2-3-7-21-12)11-14(19)17-15(20)16-9-13-6-4-8-22-13/h4,6,8,12H,2-3,5,7,9-11H2,1H3,(H2,16,17,19,20). The number of rotatable bonds is 6. The van der Waals surface area contributed by atoms with Crippen molar-refractivity contribution < 1.29 is 14.3 Å². The second-order valence-corrected chi connectivity index (χ2v) is 6.53. The Hall–Kier alpha value is -1.44. The van der Waals surface area contributed by atoms with Gasteiger partial charge in [0, 0.05) is 18.0 Å². The highest BCUT2D eigenvalue weighted by Crippen LogP contribution is 2.13. The number of nitrogens with zero attached hydrogens (tertiary/aromatic N) is 1. The van der Waals surface area contributed by atoms with Crippen LogP contribution in [0.5, 0.6) is 0 Å². The van der Waals surface area contributed by atoms with E-state index in [9.17, 15) is 9.59 Å². The predicted octanol–water partition coefficient (Wildman–Crippen LogP) is 1.57. The van der Waals surface area contributed by atoms with Crippen molar-refractivity contribution in [3.05, 3.63) is 22.4 Å². The third kappa shape index (κ3) is 6.13. The minimum Gasteiger partial charge on any atom is -0.377 e. The zero-order valence-corrected chi connectivity index (χ0v) is 13.7. The van der Waals surface area contributed by atoms with Gasteiger partial charge < -0.3 is 10.1 Å². The lowest BCUT2D eigenvalue weighted by molar-refractivity contribution is -0.121. The first kappa shape index (κ1) is 16.9. The van der Waals surface area contributed by atoms with Crippen LogP contribution in [-0.4, -0.2) is 49.7 Å². The van der Waals surface area contributed by atoms with Gasteiger partial charge in [0.15, 0.2) is 0 Å². The van der Waals surface area contributed by atoms with Crippen LogP contribution in [-0.2, 0) is 16.1 Å². The van der Waals surface area contributed by atoms with Crippen LogP contribution in [0.2, 0.25) is 0 Å². The first-order chi connectivity index (χ1) is 10.6. The number of hydrogen-bond acceptors (Lipinski definition) is 5. The molecule has 2 N–H and O–H groups in total. The van der Waals surface area contributed by atoms with Crippen LogP contribution in [0.1, 0.15) is 24.1 Å². The molecule has 2 heterocycles. The van der Waals surface area contributed by atoms with E-state index >= 15 is 0 Å². The summed E-state index contributed by atoms with van der Waals surface area (Å²) in [5.41, 5.74) is 0. The largest absolute Gasteiger partial charge is 0.377 e. The fraction of sp³-hybridized carbons (Fsp3) is 0.600. The second-order valence-electron chi connectivity index (χ2n) is 5.50. The number of likely N-dealkylation sites (N-methyl/N-ethyl adjacent to an activating group) is 1. The van der Waals surface area contributed by atoms with Crippen molar-refractivity contribution in [1.29, 1.82) is 0 Å². The number of hydrogen-bond donors (Lipinski definition) is 2. The van der Waals surface area contributed by atoms with Gasteiger partial charge in [-0.3, -0.25) is 15.0 Å². The van der Waals surface area contributed by atoms with Crippen LogP contribution in [0.25, 0.3) is 0 Å². The monoisotopic (exact) mass is 325 g/mol. The first-order valence-electron chi connectivity index (χ1n) is 7.53. The molecule has 0 aromatic carbocycles. The van der Waals surface area contributed by atoms with E-state index in [4.69, 9.17) is 4.74 Å². The molecule has 1 aromatic rings. The predicted molar refractivity (Wildman–Crippen MR) is 85.8 cm³/mol. The van der Waals surface area contributed by atoms with Crippen molar-refractivity contribution in [2.45, 2.75) is 31.9 Å². The molecule has 1 aromatic heterocycles. The Morgan fingerprint density at radius 3 is 3.00 bits per heavy atom. The molecule has 0 spiro atoms. The van der Waals surface area contributed by atoms with Gasteiger partial charge >= 0.3 is 6.03 Å². The number of carbonyl (C=O) groups is 2. The summed E-state index contributed by atoms with van der Waals surface area (Å²) in [5, 5.41) is 6.96. The van der Waals surface area contributed by atoms with Crippen LogP contribution in [0.15, 0.2) is 17.5 Å². The van der Waals surface area contributed by atoms with Gasteiger partial charge in [0.2, 0.25) is 5.91 Å². The van der Waals surface area contributed by atoms with E-state index < -0.39 is 6.03 Å². The first-order valence-corrected chi connectivity index (χ1v) is 8.41. The maximum Gasteiger partial charge on any atom is 0.321 e. The van der Waals surface area contributed by atoms with Gasteiger partial charge in [-0.15, -0.1) is 11.3 Å². The quantitative estimate of drug-likeness (QED) is 0.833. The number of urea groups is 1. The fourth-order valence-corrected chi connectivity index (χ4v) is 3.04. The van der Waals surface area contributed by atoms with Crippen LogP contribution in [0.4, 0.5) is 4.79 Å². The maximum absolute atomic E-state index is 11.8. The average molecular weight is 325 g/mol. The molecule has 122 valence electrons. The molecule has 1 saturated heterocycles. The molecule has 2 rings (SSSR count). The number of ether oxygens (including phenoxy) is 1. The number of thiophene rings is 1. The van der Waals surface area contributed by atoms with Crippen LogP contribution < -0.4 is 10.6 Å². The highest BCUT2D eigenvalue weighted by molar-refractivity contribution is 7.09. The van der Waals surface area contributed by atoms with E-state index in [0.29, 0.717) is 13.1 Å². The molecule has 0 radical (unpaired) electrons. The van der Waals surface area contributed by atoms with Gasteiger partial charge in [-0.1, -0.05) is 6.07 Å². The maximum atomic E-state index is 11.8. The lowest BCUT2D eigenvalue weighted by Crippen LogP contribution is -2.45. The molecule has 22 heavy (non-hydrogen) atoms. The summed E-state index contributed by atoms with van der Waals surface area (Å²) >= 11 is 1.56. The summed E-state index contributed by atoms with van der Waals surface area (Å²) in [5.74, 6) is -0.304. The molecule has 6 nitrogen and oxygen atoms in total. The van der Waals surface area contributed by atoms with Gasteiger partial charge in [0.05, 0.1) is 19.2 Å². The lowest BCUT2D eigenvalue weighted by atomic mass is 10.1. The highest BCUT2D eigenvalue weighted by Gasteiger charge is 2.17. The van der Waals surface area contributed by atoms with Gasteiger partial charge in [-0.05, 0) is 37.8 Å². The summed E-state index contributed by atoms with van der Waals surface area (Å²) in [6, 6.07) is 3.40.